The van der Waals surface area contributed by atoms with Gasteiger partial charge in [0.15, 0.2) is 0 Å². The first-order valence-electron chi connectivity index (χ1n) is 4.82. The molecule has 5 heteroatoms. The molecule has 0 bridgehead atoms. The van der Waals surface area contributed by atoms with Gasteiger partial charge in [0.05, 0.1) is 5.56 Å². The molecular weight excluding hydrogens is 228 g/mol. The minimum absolute atomic E-state index is 0.144. The summed E-state index contributed by atoms with van der Waals surface area (Å²) >= 11 is 5.65. The Balaban J connectivity index is 2.74. The van der Waals surface area contributed by atoms with Crippen LogP contribution in [0.1, 0.15) is 24.2 Å². The maximum absolute atomic E-state index is 11.5. The zero-order chi connectivity index (χ0) is 12.1. The lowest BCUT2D eigenvalue weighted by Gasteiger charge is -2.03. The van der Waals surface area contributed by atoms with Crippen LogP contribution in [0.15, 0.2) is 23.3 Å². The average molecular weight is 241 g/mol. The van der Waals surface area contributed by atoms with E-state index in [-0.39, 0.29) is 17.2 Å². The molecule has 0 aromatic heterocycles. The van der Waals surface area contributed by atoms with Gasteiger partial charge in [-0.05, 0) is 24.1 Å². The van der Waals surface area contributed by atoms with Gasteiger partial charge in [-0.2, -0.15) is 5.10 Å². The number of hydrogen-bond acceptors (Lipinski definition) is 3. The second-order valence-corrected chi connectivity index (χ2v) is 4.06. The molecule has 1 rings (SSSR count). The number of nitrogens with zero attached hydrogens (tertiary/aromatic N) is 1. The standard InChI is InChI=1S/C11H13ClN2O2/c1-7(2)6-13-14-11(16)9-4-3-8(12)5-10(9)15/h3-7,15H,1-2H3,(H,14,16). The summed E-state index contributed by atoms with van der Waals surface area (Å²) in [6.45, 7) is 3.88. The minimum atomic E-state index is -0.467. The van der Waals surface area contributed by atoms with Gasteiger partial charge < -0.3 is 5.11 Å². The molecule has 2 N–H and O–H groups in total. The summed E-state index contributed by atoms with van der Waals surface area (Å²) in [5.74, 6) is -0.380. The highest BCUT2D eigenvalue weighted by atomic mass is 35.5. The van der Waals surface area contributed by atoms with Crippen LogP contribution in [0.25, 0.3) is 0 Å². The van der Waals surface area contributed by atoms with Crippen LogP contribution >= 0.6 is 11.6 Å². The van der Waals surface area contributed by atoms with Crippen molar-refractivity contribution >= 4 is 23.7 Å². The predicted octanol–water partition coefficient (Wildman–Crippen LogP) is 2.42. The van der Waals surface area contributed by atoms with Crippen molar-refractivity contribution in [3.8, 4) is 5.75 Å². The molecule has 0 aliphatic rings. The number of hydrazone groups is 1. The summed E-state index contributed by atoms with van der Waals surface area (Å²) < 4.78 is 0. The lowest BCUT2D eigenvalue weighted by Crippen LogP contribution is -2.18. The third kappa shape index (κ3) is 3.55. The van der Waals surface area contributed by atoms with Crippen molar-refractivity contribution in [3.05, 3.63) is 28.8 Å². The van der Waals surface area contributed by atoms with Crippen LogP contribution in [0.5, 0.6) is 5.75 Å². The Hall–Kier alpha value is -1.55. The topological polar surface area (TPSA) is 61.7 Å². The van der Waals surface area contributed by atoms with Crippen LogP contribution in [0.4, 0.5) is 0 Å². The van der Waals surface area contributed by atoms with E-state index < -0.39 is 5.91 Å². The number of carbonyl (C=O) groups is 1. The lowest BCUT2D eigenvalue weighted by atomic mass is 10.2. The quantitative estimate of drug-likeness (QED) is 0.630. The molecule has 0 heterocycles. The highest BCUT2D eigenvalue weighted by Gasteiger charge is 2.10. The van der Waals surface area contributed by atoms with Gasteiger partial charge in [0.25, 0.3) is 5.91 Å². The van der Waals surface area contributed by atoms with Crippen molar-refractivity contribution in [1.82, 2.24) is 5.43 Å². The summed E-state index contributed by atoms with van der Waals surface area (Å²) in [6.07, 6.45) is 1.60. The van der Waals surface area contributed by atoms with Crippen molar-refractivity contribution < 1.29 is 9.90 Å². The number of hydrogen-bond donors (Lipinski definition) is 2. The average Bonchev–Trinajstić information content (AvgIpc) is 2.16. The maximum atomic E-state index is 11.5. The smallest absolute Gasteiger partial charge is 0.275 e. The van der Waals surface area contributed by atoms with Gasteiger partial charge >= 0.3 is 0 Å². The molecule has 0 spiro atoms. The van der Waals surface area contributed by atoms with Gasteiger partial charge in [0.2, 0.25) is 0 Å². The summed E-state index contributed by atoms with van der Waals surface area (Å²) in [5.41, 5.74) is 2.46. The Kier molecular flexibility index (Phi) is 4.31. The SMILES string of the molecule is CC(C)C=NNC(=O)c1ccc(Cl)cc1O. The van der Waals surface area contributed by atoms with E-state index in [9.17, 15) is 9.90 Å². The number of nitrogens with one attached hydrogen (secondary N) is 1. The first kappa shape index (κ1) is 12.5. The fourth-order valence-electron chi connectivity index (χ4n) is 1.00. The number of amides is 1. The van der Waals surface area contributed by atoms with Crippen LogP contribution in [-0.2, 0) is 0 Å². The Morgan fingerprint density at radius 2 is 2.25 bits per heavy atom. The van der Waals surface area contributed by atoms with Crippen LogP contribution < -0.4 is 5.43 Å². The number of benzene rings is 1. The third-order valence-corrected chi connectivity index (χ3v) is 1.98. The highest BCUT2D eigenvalue weighted by Crippen LogP contribution is 2.21. The summed E-state index contributed by atoms with van der Waals surface area (Å²) in [5, 5.41) is 13.6. The third-order valence-electron chi connectivity index (χ3n) is 1.74. The van der Waals surface area contributed by atoms with Crippen molar-refractivity contribution in [3.63, 3.8) is 0 Å². The molecule has 0 saturated carbocycles. The number of carbonyl (C=O) groups excluding carboxylic acids is 1. The molecule has 4 nitrogen and oxygen atoms in total. The van der Waals surface area contributed by atoms with Crippen LogP contribution in [0.2, 0.25) is 5.02 Å². The largest absolute Gasteiger partial charge is 0.507 e. The number of aromatic hydroxyl groups is 1. The van der Waals surface area contributed by atoms with Gasteiger partial charge in [-0.15, -0.1) is 0 Å². The van der Waals surface area contributed by atoms with E-state index in [1.165, 1.54) is 18.2 Å². The first-order valence-corrected chi connectivity index (χ1v) is 5.20. The molecule has 86 valence electrons. The van der Waals surface area contributed by atoms with Gasteiger partial charge in [-0.3, -0.25) is 4.79 Å². The maximum Gasteiger partial charge on any atom is 0.275 e. The number of rotatable bonds is 3. The Labute approximate surface area is 98.9 Å². The first-order chi connectivity index (χ1) is 7.50. The molecule has 1 amide bonds. The van der Waals surface area contributed by atoms with Gasteiger partial charge in [0, 0.05) is 11.2 Å². The van der Waals surface area contributed by atoms with Crippen LogP contribution in [0, 0.1) is 5.92 Å². The Morgan fingerprint density at radius 1 is 1.56 bits per heavy atom. The van der Waals surface area contributed by atoms with Gasteiger partial charge in [-0.1, -0.05) is 25.4 Å². The lowest BCUT2D eigenvalue weighted by molar-refractivity contribution is 0.0952. The molecule has 0 aliphatic heterocycles. The molecule has 0 aliphatic carbocycles. The normalized spacial score (nSPS) is 11.0. The molecule has 0 fully saturated rings. The van der Waals surface area contributed by atoms with E-state index in [4.69, 9.17) is 11.6 Å². The van der Waals surface area contributed by atoms with Crippen molar-refractivity contribution in [2.45, 2.75) is 13.8 Å². The van der Waals surface area contributed by atoms with E-state index in [0.717, 1.165) is 0 Å². The molecular formula is C11H13ClN2O2. The Bertz CT molecular complexity index is 416. The highest BCUT2D eigenvalue weighted by molar-refractivity contribution is 6.30. The number of phenolic OH excluding ortho intramolecular Hbond substituents is 1. The van der Waals surface area contributed by atoms with E-state index in [2.05, 4.69) is 10.5 Å². The molecule has 16 heavy (non-hydrogen) atoms. The second-order valence-electron chi connectivity index (χ2n) is 3.62. The number of halogens is 1. The zero-order valence-corrected chi connectivity index (χ0v) is 9.82. The molecule has 1 aromatic carbocycles. The summed E-state index contributed by atoms with van der Waals surface area (Å²) in [7, 11) is 0. The van der Waals surface area contributed by atoms with E-state index >= 15 is 0 Å². The van der Waals surface area contributed by atoms with Crippen LogP contribution in [-0.4, -0.2) is 17.2 Å². The molecule has 0 radical (unpaired) electrons. The molecule has 1 aromatic rings. The van der Waals surface area contributed by atoms with E-state index in [1.807, 2.05) is 13.8 Å². The van der Waals surface area contributed by atoms with Gasteiger partial charge in [0.1, 0.15) is 5.75 Å². The second kappa shape index (κ2) is 5.51. The fourth-order valence-corrected chi connectivity index (χ4v) is 1.17. The van der Waals surface area contributed by atoms with Crippen molar-refractivity contribution in [2.24, 2.45) is 11.0 Å². The molecule has 0 atom stereocenters. The summed E-state index contributed by atoms with van der Waals surface area (Å²) in [6, 6.07) is 4.28. The summed E-state index contributed by atoms with van der Waals surface area (Å²) in [4.78, 5) is 11.5. The number of phenols is 1. The fraction of sp³-hybridized carbons (Fsp3) is 0.273. The molecule has 0 unspecified atom stereocenters. The van der Waals surface area contributed by atoms with Gasteiger partial charge in [-0.25, -0.2) is 5.43 Å². The van der Waals surface area contributed by atoms with E-state index in [0.29, 0.717) is 5.02 Å². The van der Waals surface area contributed by atoms with Crippen molar-refractivity contribution in [2.75, 3.05) is 0 Å². The monoisotopic (exact) mass is 240 g/mol. The minimum Gasteiger partial charge on any atom is -0.507 e. The Morgan fingerprint density at radius 3 is 2.81 bits per heavy atom. The van der Waals surface area contributed by atoms with Crippen LogP contribution in [0.3, 0.4) is 0 Å². The molecule has 0 saturated heterocycles. The predicted molar refractivity (Wildman–Crippen MR) is 63.9 cm³/mol. The van der Waals surface area contributed by atoms with E-state index in [1.54, 1.807) is 6.21 Å². The zero-order valence-electron chi connectivity index (χ0n) is 9.07. The van der Waals surface area contributed by atoms with Crippen molar-refractivity contribution in [1.29, 1.82) is 0 Å².